The molecule has 0 heterocycles. The maximum Gasteiger partial charge on any atom is 0.408 e. The first-order valence-electron chi connectivity index (χ1n) is 14.5. The van der Waals surface area contributed by atoms with Crippen molar-refractivity contribution in [1.29, 1.82) is 0 Å². The van der Waals surface area contributed by atoms with Crippen LogP contribution in [0.1, 0.15) is 91.0 Å². The molecule has 0 saturated heterocycles. The second kappa shape index (κ2) is 15.9. The second-order valence-electron chi connectivity index (χ2n) is 11.9. The van der Waals surface area contributed by atoms with E-state index in [1.165, 1.54) is 6.42 Å². The van der Waals surface area contributed by atoms with Crippen LogP contribution in [0.2, 0.25) is 0 Å². The van der Waals surface area contributed by atoms with Gasteiger partial charge in [0.2, 0.25) is 5.91 Å². The van der Waals surface area contributed by atoms with Gasteiger partial charge < -0.3 is 31.9 Å². The third kappa shape index (κ3) is 11.6. The van der Waals surface area contributed by atoms with E-state index in [1.807, 2.05) is 37.3 Å². The molecule has 9 nitrogen and oxygen atoms in total. The molecule has 7 N–H and O–H groups in total. The van der Waals surface area contributed by atoms with Crippen molar-refractivity contribution in [3.63, 3.8) is 0 Å². The summed E-state index contributed by atoms with van der Waals surface area (Å²) in [7, 11) is 0. The summed E-state index contributed by atoms with van der Waals surface area (Å²) in [6.45, 7) is 7.25. The Hall–Kier alpha value is -2.49. The smallest absolute Gasteiger partial charge is 0.408 e. The summed E-state index contributed by atoms with van der Waals surface area (Å²) >= 11 is 0. The lowest BCUT2D eigenvalue weighted by atomic mass is 9.77. The lowest BCUT2D eigenvalue weighted by Gasteiger charge is -2.33. The zero-order valence-corrected chi connectivity index (χ0v) is 24.2. The number of hydrogen-bond acceptors (Lipinski definition) is 7. The van der Waals surface area contributed by atoms with Gasteiger partial charge in [-0.3, -0.25) is 9.59 Å². The number of hydrogen-bond donors (Lipinski definition) is 5. The number of benzene rings is 1. The van der Waals surface area contributed by atoms with Crippen LogP contribution in [0.5, 0.6) is 0 Å². The highest BCUT2D eigenvalue weighted by Gasteiger charge is 2.37. The van der Waals surface area contributed by atoms with Crippen LogP contribution in [0, 0.1) is 11.8 Å². The molecule has 0 aromatic heterocycles. The Bertz CT molecular complexity index is 896. The number of nitrogens with one attached hydrogen (secondary N) is 2. The molecule has 1 aliphatic rings. The van der Waals surface area contributed by atoms with E-state index in [2.05, 4.69) is 10.6 Å². The normalized spacial score (nSPS) is 17.6. The molecular formula is C30H50N4O5. The molecule has 1 aromatic carbocycles. The van der Waals surface area contributed by atoms with Gasteiger partial charge in [-0.1, -0.05) is 82.2 Å². The molecule has 2 rings (SSSR count). The van der Waals surface area contributed by atoms with Crippen molar-refractivity contribution in [1.82, 2.24) is 10.6 Å². The standard InChI is InChI=1S/C30H50N4O5/c1-5-6-17-23(25(35)22(26(36)27(31)32)18-20-13-9-7-10-14-20)33-28(37)24(19-21-15-11-8-12-16-21)34-29(38)39-30(2,3)4/h8,11-12,15-16,20,22-24,26-27,36H,5-7,9-10,13-14,17-19,31-32H2,1-4H3,(H,33,37)(H,34,38)/t22-,23+,24+,26-/m1/s1. The van der Waals surface area contributed by atoms with Crippen LogP contribution in [0.3, 0.4) is 0 Å². The van der Waals surface area contributed by atoms with Crippen LogP contribution in [0.15, 0.2) is 30.3 Å². The van der Waals surface area contributed by atoms with E-state index in [1.54, 1.807) is 20.8 Å². The van der Waals surface area contributed by atoms with Gasteiger partial charge >= 0.3 is 6.09 Å². The number of carbonyl (C=O) groups is 3. The van der Waals surface area contributed by atoms with Gasteiger partial charge in [-0.2, -0.15) is 0 Å². The first-order chi connectivity index (χ1) is 18.4. The van der Waals surface area contributed by atoms with Gasteiger partial charge in [0, 0.05) is 12.3 Å². The molecular weight excluding hydrogens is 496 g/mol. The van der Waals surface area contributed by atoms with E-state index in [0.717, 1.165) is 37.7 Å². The number of ether oxygens (including phenoxy) is 1. The maximum absolute atomic E-state index is 13.9. The van der Waals surface area contributed by atoms with E-state index < -0.39 is 47.9 Å². The Balaban J connectivity index is 2.27. The molecule has 9 heteroatoms. The van der Waals surface area contributed by atoms with Crippen molar-refractivity contribution in [2.75, 3.05) is 0 Å². The molecule has 1 fully saturated rings. The van der Waals surface area contributed by atoms with Gasteiger partial charge in [0.05, 0.1) is 18.3 Å². The van der Waals surface area contributed by atoms with Crippen LogP contribution < -0.4 is 22.1 Å². The monoisotopic (exact) mass is 546 g/mol. The Labute approximate surface area is 233 Å². The minimum atomic E-state index is -1.21. The first-order valence-corrected chi connectivity index (χ1v) is 14.5. The Kier molecular flexibility index (Phi) is 13.4. The number of nitrogens with two attached hydrogens (primary N) is 2. The van der Waals surface area contributed by atoms with Crippen LogP contribution >= 0.6 is 0 Å². The topological polar surface area (TPSA) is 157 Å². The van der Waals surface area contributed by atoms with Crippen LogP contribution in [-0.4, -0.2) is 52.8 Å². The van der Waals surface area contributed by atoms with Crippen molar-refractivity contribution in [2.24, 2.45) is 23.3 Å². The molecule has 0 spiro atoms. The average Bonchev–Trinajstić information content (AvgIpc) is 2.88. The molecule has 1 saturated carbocycles. The molecule has 2 amide bonds. The van der Waals surface area contributed by atoms with Gasteiger partial charge in [0.1, 0.15) is 11.6 Å². The molecule has 0 unspecified atom stereocenters. The van der Waals surface area contributed by atoms with Gasteiger partial charge in [0.15, 0.2) is 5.78 Å². The summed E-state index contributed by atoms with van der Waals surface area (Å²) in [5.41, 5.74) is 11.8. The largest absolute Gasteiger partial charge is 0.444 e. The summed E-state index contributed by atoms with van der Waals surface area (Å²) in [4.78, 5) is 40.1. The molecule has 220 valence electrons. The Morgan fingerprint density at radius 3 is 2.23 bits per heavy atom. The van der Waals surface area contributed by atoms with Gasteiger partial charge in [-0.15, -0.1) is 0 Å². The number of ketones is 1. The fraction of sp³-hybridized carbons (Fsp3) is 0.700. The number of alkyl carbamates (subject to hydrolysis) is 1. The lowest BCUT2D eigenvalue weighted by molar-refractivity contribution is -0.134. The molecule has 4 atom stereocenters. The van der Waals surface area contributed by atoms with Gasteiger partial charge in [-0.25, -0.2) is 4.79 Å². The summed E-state index contributed by atoms with van der Waals surface area (Å²) < 4.78 is 5.40. The summed E-state index contributed by atoms with van der Waals surface area (Å²) in [5.74, 6) is -1.21. The molecule has 0 bridgehead atoms. The summed E-state index contributed by atoms with van der Waals surface area (Å²) in [6, 6.07) is 7.54. The molecule has 0 radical (unpaired) electrons. The molecule has 39 heavy (non-hydrogen) atoms. The van der Waals surface area contributed by atoms with E-state index in [4.69, 9.17) is 16.2 Å². The predicted molar refractivity (Wildman–Crippen MR) is 153 cm³/mol. The lowest BCUT2D eigenvalue weighted by Crippen LogP contribution is -2.56. The minimum Gasteiger partial charge on any atom is -0.444 e. The zero-order valence-electron chi connectivity index (χ0n) is 24.2. The number of rotatable bonds is 14. The van der Waals surface area contributed by atoms with E-state index >= 15 is 0 Å². The van der Waals surface area contributed by atoms with Crippen molar-refractivity contribution >= 4 is 17.8 Å². The highest BCUT2D eigenvalue weighted by atomic mass is 16.6. The van der Waals surface area contributed by atoms with E-state index in [9.17, 15) is 19.5 Å². The van der Waals surface area contributed by atoms with E-state index in [0.29, 0.717) is 25.2 Å². The zero-order chi connectivity index (χ0) is 29.0. The third-order valence-electron chi connectivity index (χ3n) is 7.28. The van der Waals surface area contributed by atoms with E-state index in [-0.39, 0.29) is 12.2 Å². The third-order valence-corrected chi connectivity index (χ3v) is 7.28. The number of amides is 2. The maximum atomic E-state index is 13.9. The number of aliphatic hydroxyl groups is 1. The minimum absolute atomic E-state index is 0.225. The van der Waals surface area contributed by atoms with Crippen LogP contribution in [0.25, 0.3) is 0 Å². The van der Waals surface area contributed by atoms with Crippen molar-refractivity contribution in [3.8, 4) is 0 Å². The first kappa shape index (κ1) is 32.7. The molecule has 0 aliphatic heterocycles. The fourth-order valence-corrected chi connectivity index (χ4v) is 5.21. The Morgan fingerprint density at radius 2 is 1.67 bits per heavy atom. The SMILES string of the molecule is CCCC[C@H](NC(=O)[C@H](Cc1ccccc1)NC(=O)OC(C)(C)C)C(=O)[C@@H](CC1CCCCC1)[C@@H](O)C(N)N. The predicted octanol–water partition coefficient (Wildman–Crippen LogP) is 3.56. The summed E-state index contributed by atoms with van der Waals surface area (Å²) in [5, 5.41) is 16.5. The van der Waals surface area contributed by atoms with Crippen molar-refractivity contribution in [2.45, 2.75) is 122 Å². The van der Waals surface area contributed by atoms with Gasteiger partial charge in [-0.05, 0) is 45.1 Å². The number of unbranched alkanes of at least 4 members (excludes halogenated alkanes) is 1. The molecule has 1 aliphatic carbocycles. The molecule has 1 aromatic rings. The number of carbonyl (C=O) groups excluding carboxylic acids is 3. The highest BCUT2D eigenvalue weighted by molar-refractivity contribution is 5.93. The quantitative estimate of drug-likeness (QED) is 0.223. The number of Topliss-reactive ketones (excluding diaryl/α,β-unsaturated/α-hetero) is 1. The van der Waals surface area contributed by atoms with Crippen LogP contribution in [0.4, 0.5) is 4.79 Å². The van der Waals surface area contributed by atoms with Gasteiger partial charge in [0.25, 0.3) is 0 Å². The van der Waals surface area contributed by atoms with Crippen LogP contribution in [-0.2, 0) is 20.7 Å². The summed E-state index contributed by atoms with van der Waals surface area (Å²) in [6.07, 6.45) is 5.07. The highest BCUT2D eigenvalue weighted by Crippen LogP contribution is 2.31. The average molecular weight is 547 g/mol. The fourth-order valence-electron chi connectivity index (χ4n) is 5.21. The van der Waals surface area contributed by atoms with Crippen molar-refractivity contribution in [3.05, 3.63) is 35.9 Å². The Morgan fingerprint density at radius 1 is 1.03 bits per heavy atom. The van der Waals surface area contributed by atoms with Crippen molar-refractivity contribution < 1.29 is 24.2 Å². The number of aliphatic hydroxyl groups excluding tert-OH is 1. The second-order valence-corrected chi connectivity index (χ2v) is 11.9.